The molecule has 9 nitrogen and oxygen atoms in total. The van der Waals surface area contributed by atoms with Gasteiger partial charge in [0.05, 0.1) is 30.5 Å². The fourth-order valence-electron chi connectivity index (χ4n) is 2.31. The number of rotatable bonds is 5. The van der Waals surface area contributed by atoms with Crippen molar-refractivity contribution in [1.29, 1.82) is 0 Å². The van der Waals surface area contributed by atoms with Crippen LogP contribution in [0, 0.1) is 0 Å². The summed E-state index contributed by atoms with van der Waals surface area (Å²) in [4.78, 5) is 3.42. The summed E-state index contributed by atoms with van der Waals surface area (Å²) in [7, 11) is -5.10. The zero-order chi connectivity index (χ0) is 18.9. The number of nitrogens with zero attached hydrogens (tertiary/aromatic N) is 1. The molecule has 0 radical (unpaired) electrons. The highest BCUT2D eigenvalue weighted by Crippen LogP contribution is 2.33. The Bertz CT molecular complexity index is 1090. The monoisotopic (exact) mass is 397 g/mol. The summed E-state index contributed by atoms with van der Waals surface area (Å²) in [6.45, 7) is 0. The molecule has 0 amide bonds. The van der Waals surface area contributed by atoms with Crippen LogP contribution >= 0.6 is 0 Å². The Morgan fingerprint density at radius 2 is 1.85 bits per heavy atom. The van der Waals surface area contributed by atoms with Crippen molar-refractivity contribution in [3.8, 4) is 11.5 Å². The van der Waals surface area contributed by atoms with Crippen LogP contribution in [0.1, 0.15) is 0 Å². The molecule has 2 aromatic rings. The lowest BCUT2D eigenvalue weighted by Gasteiger charge is -2.15. The first kappa shape index (κ1) is 18.0. The molecule has 11 heteroatoms. The van der Waals surface area contributed by atoms with Crippen LogP contribution in [0.5, 0.6) is 11.5 Å². The van der Waals surface area contributed by atoms with Crippen LogP contribution in [0.25, 0.3) is 0 Å². The Labute approximate surface area is 150 Å². The Hall–Kier alpha value is -2.79. The minimum atomic E-state index is -4.08. The van der Waals surface area contributed by atoms with Crippen molar-refractivity contribution < 1.29 is 26.3 Å². The average Bonchev–Trinajstić information content (AvgIpc) is 2.61. The molecule has 0 bridgehead atoms. The number of hydrogen-bond acceptors (Lipinski definition) is 7. The van der Waals surface area contributed by atoms with Gasteiger partial charge in [0, 0.05) is 6.07 Å². The molecule has 1 aliphatic heterocycles. The number of aliphatic imine (C=N–C) groups is 1. The zero-order valence-corrected chi connectivity index (χ0v) is 15.4. The number of benzene rings is 2. The van der Waals surface area contributed by atoms with E-state index < -0.39 is 20.0 Å². The Balaban J connectivity index is 2.04. The quantitative estimate of drug-likeness (QED) is 0.787. The van der Waals surface area contributed by atoms with E-state index in [2.05, 4.69) is 14.4 Å². The van der Waals surface area contributed by atoms with Gasteiger partial charge in [0.25, 0.3) is 20.0 Å². The SMILES string of the molecule is COc1ccc(OC)c(NS(=O)(=O)c2ccc3c(c2)S(=O)(=O)NC=N3)c1. The molecule has 0 spiro atoms. The minimum Gasteiger partial charge on any atom is -0.497 e. The van der Waals surface area contributed by atoms with Gasteiger partial charge in [-0.05, 0) is 30.3 Å². The molecular weight excluding hydrogens is 382 g/mol. The van der Waals surface area contributed by atoms with E-state index in [9.17, 15) is 16.8 Å². The number of methoxy groups -OCH3 is 2. The van der Waals surface area contributed by atoms with Crippen LogP contribution in [0.2, 0.25) is 0 Å². The molecule has 0 fully saturated rings. The Morgan fingerprint density at radius 3 is 2.54 bits per heavy atom. The van der Waals surface area contributed by atoms with Gasteiger partial charge in [-0.1, -0.05) is 0 Å². The number of anilines is 1. The van der Waals surface area contributed by atoms with Gasteiger partial charge in [-0.25, -0.2) is 21.8 Å². The smallest absolute Gasteiger partial charge is 0.264 e. The number of ether oxygens (including phenoxy) is 2. The number of sulfonamides is 2. The van der Waals surface area contributed by atoms with E-state index in [0.29, 0.717) is 5.75 Å². The maximum absolute atomic E-state index is 12.7. The lowest BCUT2D eigenvalue weighted by Crippen LogP contribution is -2.25. The van der Waals surface area contributed by atoms with E-state index in [4.69, 9.17) is 9.47 Å². The molecule has 3 rings (SSSR count). The maximum atomic E-state index is 12.7. The van der Waals surface area contributed by atoms with E-state index in [1.165, 1.54) is 32.4 Å². The molecule has 2 aromatic carbocycles. The topological polar surface area (TPSA) is 123 Å². The molecular formula is C15H15N3O6S2. The van der Waals surface area contributed by atoms with Gasteiger partial charge >= 0.3 is 0 Å². The van der Waals surface area contributed by atoms with Crippen LogP contribution in [0.4, 0.5) is 11.4 Å². The second kappa shape index (κ2) is 6.50. The highest BCUT2D eigenvalue weighted by Gasteiger charge is 2.25. The van der Waals surface area contributed by atoms with Crippen LogP contribution in [0.15, 0.2) is 51.2 Å². The summed E-state index contributed by atoms with van der Waals surface area (Å²) in [5.41, 5.74) is 0.310. The van der Waals surface area contributed by atoms with Gasteiger partial charge in [-0.2, -0.15) is 0 Å². The first-order valence-corrected chi connectivity index (χ1v) is 10.2. The molecule has 0 atom stereocenters. The largest absolute Gasteiger partial charge is 0.497 e. The van der Waals surface area contributed by atoms with E-state index in [1.807, 2.05) is 0 Å². The first-order chi connectivity index (χ1) is 12.3. The third-order valence-corrected chi connectivity index (χ3v) is 6.28. The third-order valence-electron chi connectivity index (χ3n) is 3.59. The van der Waals surface area contributed by atoms with Gasteiger partial charge < -0.3 is 9.47 Å². The van der Waals surface area contributed by atoms with Crippen LogP contribution < -0.4 is 18.9 Å². The lowest BCUT2D eigenvalue weighted by molar-refractivity contribution is 0.405. The van der Waals surface area contributed by atoms with E-state index in [1.54, 1.807) is 12.1 Å². The fraction of sp³-hybridized carbons (Fsp3) is 0.133. The normalized spacial score (nSPS) is 14.8. The number of fused-ring (bicyclic) bond motifs is 1. The van der Waals surface area contributed by atoms with Gasteiger partial charge in [-0.15, -0.1) is 0 Å². The standard InChI is InChI=1S/C15H15N3O6S2/c1-23-10-3-6-14(24-2)13(7-10)18-25(19,20)11-4-5-12-15(8-11)26(21,22)17-9-16-12/h3-9,18H,1-2H3,(H,16,17). The molecule has 0 saturated carbocycles. The molecule has 0 saturated heterocycles. The van der Waals surface area contributed by atoms with Crippen molar-refractivity contribution in [1.82, 2.24) is 4.72 Å². The molecule has 1 heterocycles. The van der Waals surface area contributed by atoms with E-state index in [-0.39, 0.29) is 26.9 Å². The van der Waals surface area contributed by atoms with Gasteiger partial charge in [0.2, 0.25) is 0 Å². The third kappa shape index (κ3) is 3.30. The number of nitrogens with one attached hydrogen (secondary N) is 2. The van der Waals surface area contributed by atoms with E-state index >= 15 is 0 Å². The predicted molar refractivity (Wildman–Crippen MR) is 95.3 cm³/mol. The highest BCUT2D eigenvalue weighted by molar-refractivity contribution is 7.93. The Morgan fingerprint density at radius 1 is 1.08 bits per heavy atom. The molecule has 1 aliphatic rings. The van der Waals surface area contributed by atoms with E-state index in [0.717, 1.165) is 12.4 Å². The summed E-state index contributed by atoms with van der Waals surface area (Å²) in [6, 6.07) is 8.26. The van der Waals surface area contributed by atoms with Crippen molar-refractivity contribution in [3.63, 3.8) is 0 Å². The predicted octanol–water partition coefficient (Wildman–Crippen LogP) is 1.46. The van der Waals surface area contributed by atoms with Crippen molar-refractivity contribution in [2.75, 3.05) is 18.9 Å². The lowest BCUT2D eigenvalue weighted by atomic mass is 10.3. The zero-order valence-electron chi connectivity index (χ0n) is 13.8. The second-order valence-electron chi connectivity index (χ2n) is 5.18. The van der Waals surface area contributed by atoms with Crippen molar-refractivity contribution in [2.24, 2.45) is 4.99 Å². The highest BCUT2D eigenvalue weighted by atomic mass is 32.2. The molecule has 2 N–H and O–H groups in total. The molecule has 26 heavy (non-hydrogen) atoms. The first-order valence-electron chi connectivity index (χ1n) is 7.20. The molecule has 0 aromatic heterocycles. The molecule has 0 unspecified atom stereocenters. The van der Waals surface area contributed by atoms with Crippen LogP contribution in [-0.2, 0) is 20.0 Å². The Kier molecular flexibility index (Phi) is 4.50. The van der Waals surface area contributed by atoms with Gasteiger partial charge in [0.1, 0.15) is 22.7 Å². The minimum absolute atomic E-state index is 0.154. The fourth-order valence-corrected chi connectivity index (χ4v) is 4.47. The summed E-state index contributed by atoms with van der Waals surface area (Å²) in [6.07, 6.45) is 1.03. The van der Waals surface area contributed by atoms with Gasteiger partial charge in [-0.3, -0.25) is 9.44 Å². The second-order valence-corrected chi connectivity index (χ2v) is 8.55. The maximum Gasteiger partial charge on any atom is 0.264 e. The summed E-state index contributed by atoms with van der Waals surface area (Å²) >= 11 is 0. The molecule has 138 valence electrons. The molecule has 0 aliphatic carbocycles. The number of hydrogen-bond donors (Lipinski definition) is 2. The van der Waals surface area contributed by atoms with Gasteiger partial charge in [0.15, 0.2) is 0 Å². The van der Waals surface area contributed by atoms with Crippen molar-refractivity contribution in [3.05, 3.63) is 36.4 Å². The average molecular weight is 397 g/mol. The summed E-state index contributed by atoms with van der Waals surface area (Å²) in [5.74, 6) is 0.710. The van der Waals surface area contributed by atoms with Crippen LogP contribution in [0.3, 0.4) is 0 Å². The summed E-state index contributed by atoms with van der Waals surface area (Å²) in [5, 5.41) is 0. The van der Waals surface area contributed by atoms with Crippen LogP contribution in [-0.4, -0.2) is 37.4 Å². The van der Waals surface area contributed by atoms with Crippen molar-refractivity contribution in [2.45, 2.75) is 9.79 Å². The summed E-state index contributed by atoms with van der Waals surface area (Å²) < 4.78 is 64.2. The van der Waals surface area contributed by atoms with Crippen molar-refractivity contribution >= 4 is 37.8 Å².